The first-order valence-electron chi connectivity index (χ1n) is 5.92. The number of halogens is 1. The molecular formula is C13H14ClNO5S. The summed E-state index contributed by atoms with van der Waals surface area (Å²) in [5.41, 5.74) is 0. The first kappa shape index (κ1) is 15.7. The van der Waals surface area contributed by atoms with E-state index in [4.69, 9.17) is 25.5 Å². The lowest BCUT2D eigenvalue weighted by atomic mass is 10.3. The van der Waals surface area contributed by atoms with Gasteiger partial charge in [-0.05, 0) is 35.9 Å². The molecule has 6 nitrogen and oxygen atoms in total. The van der Waals surface area contributed by atoms with E-state index < -0.39 is 10.0 Å². The molecule has 0 saturated heterocycles. The molecule has 0 amide bonds. The highest BCUT2D eigenvalue weighted by atomic mass is 35.5. The molecule has 2 aromatic rings. The number of hydrogen-bond donors (Lipinski definition) is 1. The normalized spacial score (nSPS) is 11.4. The van der Waals surface area contributed by atoms with Gasteiger partial charge in [-0.1, -0.05) is 0 Å². The molecule has 1 N–H and O–H groups in total. The summed E-state index contributed by atoms with van der Waals surface area (Å²) in [4.78, 5) is 0.0171. The van der Waals surface area contributed by atoms with Crippen LogP contribution in [0, 0.1) is 0 Å². The number of furan rings is 1. The van der Waals surface area contributed by atoms with Crippen molar-refractivity contribution in [3.05, 3.63) is 41.3 Å². The second kappa shape index (κ2) is 6.38. The lowest BCUT2D eigenvalue weighted by molar-refractivity contribution is 0.386. The van der Waals surface area contributed by atoms with Crippen LogP contribution in [-0.2, 0) is 16.6 Å². The van der Waals surface area contributed by atoms with E-state index in [-0.39, 0.29) is 22.4 Å². The molecule has 0 aliphatic rings. The molecule has 0 bridgehead atoms. The summed E-state index contributed by atoms with van der Waals surface area (Å²) < 4.78 is 42.2. The fourth-order valence-corrected chi connectivity index (χ4v) is 2.99. The number of hydrogen-bond acceptors (Lipinski definition) is 5. The van der Waals surface area contributed by atoms with Crippen LogP contribution < -0.4 is 14.2 Å². The minimum atomic E-state index is -3.75. The van der Waals surface area contributed by atoms with E-state index in [1.54, 1.807) is 18.2 Å². The monoisotopic (exact) mass is 331 g/mol. The number of sulfonamides is 1. The van der Waals surface area contributed by atoms with E-state index in [9.17, 15) is 8.42 Å². The molecule has 0 unspecified atom stereocenters. The van der Waals surface area contributed by atoms with Gasteiger partial charge >= 0.3 is 0 Å². The van der Waals surface area contributed by atoms with Crippen molar-refractivity contribution < 1.29 is 22.3 Å². The molecular weight excluding hydrogens is 318 g/mol. The van der Waals surface area contributed by atoms with Crippen LogP contribution >= 0.6 is 11.6 Å². The average molecular weight is 332 g/mol. The van der Waals surface area contributed by atoms with Gasteiger partial charge in [-0.15, -0.1) is 0 Å². The van der Waals surface area contributed by atoms with Crippen molar-refractivity contribution in [2.24, 2.45) is 0 Å². The number of ether oxygens (including phenoxy) is 2. The summed E-state index contributed by atoms with van der Waals surface area (Å²) in [6, 6.07) is 7.59. The Kier molecular flexibility index (Phi) is 4.76. The Morgan fingerprint density at radius 2 is 1.95 bits per heavy atom. The summed E-state index contributed by atoms with van der Waals surface area (Å²) in [6.07, 6.45) is 0. The highest BCUT2D eigenvalue weighted by Gasteiger charge is 2.20. The number of nitrogens with one attached hydrogen (secondary N) is 1. The van der Waals surface area contributed by atoms with Crippen molar-refractivity contribution in [3.63, 3.8) is 0 Å². The van der Waals surface area contributed by atoms with Gasteiger partial charge < -0.3 is 13.9 Å². The van der Waals surface area contributed by atoms with Crippen molar-refractivity contribution >= 4 is 21.6 Å². The zero-order valence-electron chi connectivity index (χ0n) is 11.4. The van der Waals surface area contributed by atoms with Gasteiger partial charge in [0.1, 0.15) is 22.2 Å². The molecule has 0 fully saturated rings. The quantitative estimate of drug-likeness (QED) is 0.879. The van der Waals surface area contributed by atoms with Gasteiger partial charge in [0.05, 0.1) is 20.8 Å². The van der Waals surface area contributed by atoms with Crippen molar-refractivity contribution in [2.45, 2.75) is 11.4 Å². The topological polar surface area (TPSA) is 77.8 Å². The fraction of sp³-hybridized carbons (Fsp3) is 0.231. The minimum Gasteiger partial charge on any atom is -0.497 e. The smallest absolute Gasteiger partial charge is 0.244 e. The molecule has 114 valence electrons. The van der Waals surface area contributed by atoms with Crippen LogP contribution in [0.1, 0.15) is 5.76 Å². The molecule has 0 radical (unpaired) electrons. The molecule has 0 aliphatic carbocycles. The first-order chi connectivity index (χ1) is 9.96. The number of benzene rings is 1. The summed E-state index contributed by atoms with van der Waals surface area (Å²) in [5.74, 6) is 1.11. The van der Waals surface area contributed by atoms with Gasteiger partial charge in [0, 0.05) is 6.07 Å². The van der Waals surface area contributed by atoms with Crippen LogP contribution in [0.3, 0.4) is 0 Å². The molecule has 1 heterocycles. The molecule has 1 aromatic carbocycles. The zero-order chi connectivity index (χ0) is 15.5. The van der Waals surface area contributed by atoms with Gasteiger partial charge in [-0.3, -0.25) is 0 Å². The molecule has 2 rings (SSSR count). The lowest BCUT2D eigenvalue weighted by Crippen LogP contribution is -2.23. The van der Waals surface area contributed by atoms with Crippen LogP contribution in [0.25, 0.3) is 0 Å². The first-order valence-corrected chi connectivity index (χ1v) is 7.78. The lowest BCUT2D eigenvalue weighted by Gasteiger charge is -2.11. The predicted molar refractivity (Wildman–Crippen MR) is 77.3 cm³/mol. The Labute approximate surface area is 127 Å². The highest BCUT2D eigenvalue weighted by Crippen LogP contribution is 2.28. The van der Waals surface area contributed by atoms with Crippen molar-refractivity contribution in [3.8, 4) is 11.5 Å². The zero-order valence-corrected chi connectivity index (χ0v) is 13.0. The third-order valence-corrected chi connectivity index (χ3v) is 4.37. The van der Waals surface area contributed by atoms with E-state index in [0.717, 1.165) is 0 Å². The molecule has 0 atom stereocenters. The van der Waals surface area contributed by atoms with Crippen molar-refractivity contribution in [1.29, 1.82) is 0 Å². The maximum atomic E-state index is 12.3. The Bertz CT molecular complexity index is 726. The molecule has 1 aromatic heterocycles. The van der Waals surface area contributed by atoms with Crippen LogP contribution in [-0.4, -0.2) is 22.6 Å². The Morgan fingerprint density at radius 1 is 1.19 bits per heavy atom. The molecule has 0 spiro atoms. The largest absolute Gasteiger partial charge is 0.497 e. The van der Waals surface area contributed by atoms with Gasteiger partial charge in [0.15, 0.2) is 5.22 Å². The van der Waals surface area contributed by atoms with E-state index in [2.05, 4.69) is 4.72 Å². The number of methoxy groups -OCH3 is 2. The SMILES string of the molecule is COc1ccc(S(=O)(=O)NCc2ccc(Cl)o2)c(OC)c1. The summed E-state index contributed by atoms with van der Waals surface area (Å²) in [7, 11) is -0.874. The predicted octanol–water partition coefficient (Wildman–Crippen LogP) is 2.43. The minimum absolute atomic E-state index is 0.00969. The third kappa shape index (κ3) is 3.69. The maximum Gasteiger partial charge on any atom is 0.244 e. The molecule has 21 heavy (non-hydrogen) atoms. The van der Waals surface area contributed by atoms with Crippen molar-refractivity contribution in [2.75, 3.05) is 14.2 Å². The van der Waals surface area contributed by atoms with Gasteiger partial charge in [0.2, 0.25) is 10.0 Å². The fourth-order valence-electron chi connectivity index (χ4n) is 1.69. The van der Waals surface area contributed by atoms with Gasteiger partial charge in [-0.2, -0.15) is 0 Å². The van der Waals surface area contributed by atoms with Gasteiger partial charge in [-0.25, -0.2) is 13.1 Å². The van der Waals surface area contributed by atoms with Crippen molar-refractivity contribution in [1.82, 2.24) is 4.72 Å². The summed E-state index contributed by atoms with van der Waals surface area (Å²) >= 11 is 5.63. The van der Waals surface area contributed by atoms with E-state index in [1.165, 1.54) is 26.4 Å². The second-order valence-electron chi connectivity index (χ2n) is 4.05. The van der Waals surface area contributed by atoms with Crippen LogP contribution in [0.15, 0.2) is 39.6 Å². The van der Waals surface area contributed by atoms with E-state index in [0.29, 0.717) is 11.5 Å². The van der Waals surface area contributed by atoms with Crippen LogP contribution in [0.4, 0.5) is 0 Å². The second-order valence-corrected chi connectivity index (χ2v) is 6.16. The Hall–Kier alpha value is -1.70. The maximum absolute atomic E-state index is 12.3. The number of rotatable bonds is 6. The summed E-state index contributed by atoms with van der Waals surface area (Å²) in [6.45, 7) is -0.00969. The molecule has 8 heteroatoms. The molecule has 0 aliphatic heterocycles. The Morgan fingerprint density at radius 3 is 2.52 bits per heavy atom. The van der Waals surface area contributed by atoms with Gasteiger partial charge in [0.25, 0.3) is 0 Å². The highest BCUT2D eigenvalue weighted by molar-refractivity contribution is 7.89. The third-order valence-electron chi connectivity index (χ3n) is 2.73. The Balaban J connectivity index is 2.22. The van der Waals surface area contributed by atoms with E-state index in [1.807, 2.05) is 0 Å². The van der Waals surface area contributed by atoms with Crippen LogP contribution in [0.5, 0.6) is 11.5 Å². The summed E-state index contributed by atoms with van der Waals surface area (Å²) in [5, 5.41) is 0.200. The molecule has 0 saturated carbocycles. The standard InChI is InChI=1S/C13H14ClNO5S/c1-18-9-3-5-12(11(7-9)19-2)21(16,17)15-8-10-4-6-13(14)20-10/h3-7,15H,8H2,1-2H3. The van der Waals surface area contributed by atoms with Crippen LogP contribution in [0.2, 0.25) is 5.22 Å². The average Bonchev–Trinajstić information content (AvgIpc) is 2.90. The van der Waals surface area contributed by atoms with E-state index >= 15 is 0 Å².